The van der Waals surface area contributed by atoms with Crippen LogP contribution in [0.5, 0.6) is 0 Å². The maximum Gasteiger partial charge on any atom is 0.310 e. The molecule has 0 fully saturated rings. The van der Waals surface area contributed by atoms with E-state index in [4.69, 9.17) is 18.9 Å². The van der Waals surface area contributed by atoms with Gasteiger partial charge in [0.1, 0.15) is 6.10 Å². The summed E-state index contributed by atoms with van der Waals surface area (Å²) in [5.74, 6) is -1.08. The molecule has 0 aliphatic carbocycles. The van der Waals surface area contributed by atoms with E-state index in [-0.39, 0.29) is 6.10 Å². The van der Waals surface area contributed by atoms with Gasteiger partial charge in [-0.25, -0.2) is 0 Å². The average Bonchev–Trinajstić information content (AvgIpc) is 2.61. The van der Waals surface area contributed by atoms with Gasteiger partial charge in [0, 0.05) is 20.8 Å². The highest BCUT2D eigenvalue weighted by molar-refractivity contribution is 4.72. The smallest absolute Gasteiger partial charge is 0.310 e. The highest BCUT2D eigenvalue weighted by atomic mass is 16.9. The average molecular weight is 347 g/mol. The molecule has 0 bridgehead atoms. The molecule has 146 valence electrons. The van der Waals surface area contributed by atoms with Gasteiger partial charge in [0.15, 0.2) is 0 Å². The van der Waals surface area contributed by atoms with Crippen molar-refractivity contribution in [3.05, 3.63) is 0 Å². The number of hydrogen-bond acceptors (Lipinski definition) is 4. The molecular formula is C20H42O4. The van der Waals surface area contributed by atoms with E-state index in [1.54, 1.807) is 14.2 Å². The lowest BCUT2D eigenvalue weighted by molar-refractivity contribution is -0.403. The van der Waals surface area contributed by atoms with E-state index in [2.05, 4.69) is 20.8 Å². The number of ether oxygens (including phenoxy) is 4. The van der Waals surface area contributed by atoms with Crippen molar-refractivity contribution >= 4 is 0 Å². The Morgan fingerprint density at radius 1 is 0.667 bits per heavy atom. The fraction of sp³-hybridized carbons (Fsp3) is 1.00. The molecule has 0 aromatic heterocycles. The fourth-order valence-electron chi connectivity index (χ4n) is 2.76. The third-order valence-corrected chi connectivity index (χ3v) is 4.40. The molecule has 4 nitrogen and oxygen atoms in total. The summed E-state index contributed by atoms with van der Waals surface area (Å²) in [5, 5.41) is 0. The van der Waals surface area contributed by atoms with Gasteiger partial charge >= 0.3 is 5.97 Å². The van der Waals surface area contributed by atoms with Crippen molar-refractivity contribution in [2.24, 2.45) is 0 Å². The maximum atomic E-state index is 6.11. The van der Waals surface area contributed by atoms with Crippen LogP contribution in [0, 0.1) is 0 Å². The third kappa shape index (κ3) is 9.97. The Hall–Kier alpha value is -0.160. The Kier molecular flexibility index (Phi) is 16.2. The van der Waals surface area contributed by atoms with Crippen LogP contribution in [0.1, 0.15) is 91.4 Å². The molecule has 0 aromatic rings. The fourth-order valence-corrected chi connectivity index (χ4v) is 2.76. The van der Waals surface area contributed by atoms with Crippen molar-refractivity contribution in [3.8, 4) is 0 Å². The Morgan fingerprint density at radius 2 is 1.21 bits per heavy atom. The van der Waals surface area contributed by atoms with Crippen LogP contribution < -0.4 is 0 Å². The molecular weight excluding hydrogens is 304 g/mol. The van der Waals surface area contributed by atoms with Gasteiger partial charge in [-0.2, -0.15) is 0 Å². The minimum Gasteiger partial charge on any atom is -0.370 e. The molecule has 0 radical (unpaired) electrons. The first-order chi connectivity index (χ1) is 11.7. The van der Waals surface area contributed by atoms with Crippen LogP contribution in [0.2, 0.25) is 0 Å². The molecule has 0 aliphatic heterocycles. The Morgan fingerprint density at radius 3 is 1.79 bits per heavy atom. The van der Waals surface area contributed by atoms with Gasteiger partial charge in [0.05, 0.1) is 6.61 Å². The van der Waals surface area contributed by atoms with Gasteiger partial charge in [-0.15, -0.1) is 0 Å². The van der Waals surface area contributed by atoms with Crippen LogP contribution >= 0.6 is 0 Å². The molecule has 0 saturated heterocycles. The molecule has 0 aliphatic rings. The topological polar surface area (TPSA) is 36.9 Å². The molecule has 0 rings (SSSR count). The normalized spacial score (nSPS) is 13.4. The standard InChI is InChI=1S/C20H42O4/c1-6-9-12-13-14-15-16-19(23-17-10-7-2)20(21-4,22-5)24-18-11-8-3/h19H,6-18H2,1-5H3. The summed E-state index contributed by atoms with van der Waals surface area (Å²) in [6.45, 7) is 7.92. The summed E-state index contributed by atoms with van der Waals surface area (Å²) in [7, 11) is 3.29. The van der Waals surface area contributed by atoms with Crippen LogP contribution in [-0.2, 0) is 18.9 Å². The zero-order valence-corrected chi connectivity index (χ0v) is 16.9. The quantitative estimate of drug-likeness (QED) is 0.236. The predicted octanol–water partition coefficient (Wildman–Crippen LogP) is 5.69. The second-order valence-electron chi connectivity index (χ2n) is 6.48. The maximum absolute atomic E-state index is 6.11. The summed E-state index contributed by atoms with van der Waals surface area (Å²) in [6.07, 6.45) is 12.5. The number of hydrogen-bond donors (Lipinski definition) is 0. The first-order valence-corrected chi connectivity index (χ1v) is 10.1. The van der Waals surface area contributed by atoms with Crippen molar-refractivity contribution in [2.75, 3.05) is 27.4 Å². The SMILES string of the molecule is CCCCCCCCC(OCCCC)C(OC)(OC)OCCCC. The lowest BCUT2D eigenvalue weighted by Crippen LogP contribution is -2.50. The van der Waals surface area contributed by atoms with Crippen molar-refractivity contribution < 1.29 is 18.9 Å². The summed E-state index contributed by atoms with van der Waals surface area (Å²) in [6, 6.07) is 0. The monoisotopic (exact) mass is 346 g/mol. The van der Waals surface area contributed by atoms with Crippen LogP contribution in [0.25, 0.3) is 0 Å². The van der Waals surface area contributed by atoms with E-state index >= 15 is 0 Å². The Balaban J connectivity index is 4.58. The predicted molar refractivity (Wildman–Crippen MR) is 100 cm³/mol. The molecule has 0 amide bonds. The van der Waals surface area contributed by atoms with Crippen LogP contribution in [0.4, 0.5) is 0 Å². The molecule has 0 heterocycles. The van der Waals surface area contributed by atoms with Crippen molar-refractivity contribution in [1.29, 1.82) is 0 Å². The lowest BCUT2D eigenvalue weighted by atomic mass is 10.1. The molecule has 4 heteroatoms. The van der Waals surface area contributed by atoms with Crippen molar-refractivity contribution in [1.82, 2.24) is 0 Å². The first-order valence-electron chi connectivity index (χ1n) is 10.1. The minimum atomic E-state index is -1.08. The van der Waals surface area contributed by atoms with Crippen LogP contribution in [0.3, 0.4) is 0 Å². The molecule has 1 atom stereocenters. The molecule has 1 unspecified atom stereocenters. The van der Waals surface area contributed by atoms with E-state index in [1.165, 1.54) is 32.1 Å². The molecule has 0 N–H and O–H groups in total. The van der Waals surface area contributed by atoms with Gasteiger partial charge < -0.3 is 18.9 Å². The van der Waals surface area contributed by atoms with Gasteiger partial charge in [-0.1, -0.05) is 72.1 Å². The van der Waals surface area contributed by atoms with Crippen LogP contribution in [-0.4, -0.2) is 39.5 Å². The van der Waals surface area contributed by atoms with E-state index in [0.717, 1.165) is 45.1 Å². The summed E-state index contributed by atoms with van der Waals surface area (Å²) >= 11 is 0. The van der Waals surface area contributed by atoms with Gasteiger partial charge in [-0.3, -0.25) is 0 Å². The van der Waals surface area contributed by atoms with E-state index in [0.29, 0.717) is 6.61 Å². The van der Waals surface area contributed by atoms with Crippen LogP contribution in [0.15, 0.2) is 0 Å². The Bertz CT molecular complexity index is 254. The van der Waals surface area contributed by atoms with Gasteiger partial charge in [0.2, 0.25) is 0 Å². The van der Waals surface area contributed by atoms with Gasteiger partial charge in [0.25, 0.3) is 0 Å². The van der Waals surface area contributed by atoms with Gasteiger partial charge in [-0.05, 0) is 19.3 Å². The van der Waals surface area contributed by atoms with E-state index < -0.39 is 5.97 Å². The zero-order valence-electron chi connectivity index (χ0n) is 16.9. The van der Waals surface area contributed by atoms with E-state index in [9.17, 15) is 0 Å². The third-order valence-electron chi connectivity index (χ3n) is 4.40. The Labute approximate surface area is 150 Å². The minimum absolute atomic E-state index is 0.179. The lowest BCUT2D eigenvalue weighted by Gasteiger charge is -2.37. The number of unbranched alkanes of at least 4 members (excludes halogenated alkanes) is 7. The molecule has 0 saturated carbocycles. The summed E-state index contributed by atoms with van der Waals surface area (Å²) in [4.78, 5) is 0. The van der Waals surface area contributed by atoms with E-state index in [1.807, 2.05) is 0 Å². The summed E-state index contributed by atoms with van der Waals surface area (Å²) in [5.41, 5.74) is 0. The summed E-state index contributed by atoms with van der Waals surface area (Å²) < 4.78 is 23.4. The molecule has 0 spiro atoms. The second kappa shape index (κ2) is 16.3. The van der Waals surface area contributed by atoms with Crippen molar-refractivity contribution in [2.45, 2.75) is 103 Å². The number of rotatable bonds is 18. The largest absolute Gasteiger partial charge is 0.370 e. The first kappa shape index (κ1) is 23.8. The highest BCUT2D eigenvalue weighted by Crippen LogP contribution is 2.27. The highest BCUT2D eigenvalue weighted by Gasteiger charge is 2.41. The molecule has 24 heavy (non-hydrogen) atoms. The second-order valence-corrected chi connectivity index (χ2v) is 6.48. The zero-order chi connectivity index (χ0) is 18.1. The number of methoxy groups -OCH3 is 2. The van der Waals surface area contributed by atoms with Crippen molar-refractivity contribution in [3.63, 3.8) is 0 Å². The molecule has 0 aromatic carbocycles.